The Morgan fingerprint density at radius 3 is 2.48 bits per heavy atom. The molecular weight excluding hydrogens is 335 g/mol. The van der Waals surface area contributed by atoms with Gasteiger partial charge in [0, 0.05) is 5.38 Å². The van der Waals surface area contributed by atoms with Gasteiger partial charge in [-0.25, -0.2) is 9.38 Å². The minimum atomic E-state index is -0.265. The summed E-state index contributed by atoms with van der Waals surface area (Å²) in [7, 11) is 0. The second-order valence-corrected chi connectivity index (χ2v) is 6.38. The maximum absolute atomic E-state index is 13.1. The van der Waals surface area contributed by atoms with Gasteiger partial charge >= 0.3 is 0 Å². The number of rotatable bonds is 4. The van der Waals surface area contributed by atoms with E-state index < -0.39 is 0 Å². The second-order valence-electron chi connectivity index (χ2n) is 5.54. The molecule has 0 saturated heterocycles. The molecule has 0 radical (unpaired) electrons. The van der Waals surface area contributed by atoms with Crippen molar-refractivity contribution in [2.45, 2.75) is 6.54 Å². The molecule has 0 atom stereocenters. The van der Waals surface area contributed by atoms with Crippen LogP contribution in [-0.2, 0) is 6.54 Å². The zero-order valence-corrected chi connectivity index (χ0v) is 14.1. The third kappa shape index (κ3) is 3.46. The second kappa shape index (κ2) is 6.91. The zero-order chi connectivity index (χ0) is 17.1. The zero-order valence-electron chi connectivity index (χ0n) is 13.3. The highest BCUT2D eigenvalue weighted by atomic mass is 32.1. The van der Waals surface area contributed by atoms with E-state index in [1.54, 1.807) is 18.4 Å². The van der Waals surface area contributed by atoms with Crippen LogP contribution < -0.4 is 4.80 Å². The Morgan fingerprint density at radius 1 is 0.960 bits per heavy atom. The fraction of sp³-hybridized carbons (Fsp3) is 0.0500. The van der Waals surface area contributed by atoms with Crippen LogP contribution in [0.25, 0.3) is 11.5 Å². The number of hydrogen-bond donors (Lipinski definition) is 0. The molecule has 0 fully saturated rings. The van der Waals surface area contributed by atoms with Crippen molar-refractivity contribution in [2.75, 3.05) is 0 Å². The normalized spacial score (nSPS) is 11.8. The van der Waals surface area contributed by atoms with E-state index in [4.69, 9.17) is 4.42 Å². The van der Waals surface area contributed by atoms with E-state index in [2.05, 4.69) is 21.7 Å². The topological polar surface area (TPSA) is 30.4 Å². The van der Waals surface area contributed by atoms with E-state index >= 15 is 0 Å². The number of halogens is 1. The maximum Gasteiger partial charge on any atom is 0.190 e. The first-order valence-electron chi connectivity index (χ1n) is 7.86. The van der Waals surface area contributed by atoms with Gasteiger partial charge in [-0.3, -0.25) is 0 Å². The molecule has 3 nitrogen and oxygen atoms in total. The molecule has 4 rings (SSSR count). The van der Waals surface area contributed by atoms with Crippen LogP contribution in [0.3, 0.4) is 0 Å². The predicted octanol–water partition coefficient (Wildman–Crippen LogP) is 5.23. The molecule has 0 amide bonds. The SMILES string of the molecule is Fc1ccc(N=c2scc(-c3ccco3)n2Cc2ccccc2)cc1. The van der Waals surface area contributed by atoms with Crippen LogP contribution in [0, 0.1) is 5.82 Å². The number of benzene rings is 2. The van der Waals surface area contributed by atoms with Crippen LogP contribution in [-0.4, -0.2) is 4.57 Å². The van der Waals surface area contributed by atoms with E-state index in [9.17, 15) is 4.39 Å². The van der Waals surface area contributed by atoms with Crippen LogP contribution in [0.4, 0.5) is 10.1 Å². The summed E-state index contributed by atoms with van der Waals surface area (Å²) >= 11 is 1.54. The quantitative estimate of drug-likeness (QED) is 0.496. The molecule has 2 aromatic heterocycles. The van der Waals surface area contributed by atoms with Crippen molar-refractivity contribution in [3.63, 3.8) is 0 Å². The number of aromatic nitrogens is 1. The Kier molecular flexibility index (Phi) is 4.31. The molecule has 0 spiro atoms. The van der Waals surface area contributed by atoms with Gasteiger partial charge in [0.25, 0.3) is 0 Å². The summed E-state index contributed by atoms with van der Waals surface area (Å²) in [6.07, 6.45) is 1.66. The van der Waals surface area contributed by atoms with Crippen LogP contribution in [0.2, 0.25) is 0 Å². The molecule has 0 aliphatic carbocycles. The summed E-state index contributed by atoms with van der Waals surface area (Å²) < 4.78 is 20.8. The third-order valence-corrected chi connectivity index (χ3v) is 4.67. The van der Waals surface area contributed by atoms with Crippen LogP contribution in [0.15, 0.2) is 87.8 Å². The molecule has 4 aromatic rings. The molecule has 0 saturated carbocycles. The first kappa shape index (κ1) is 15.6. The molecule has 0 N–H and O–H groups in total. The third-order valence-electron chi connectivity index (χ3n) is 3.81. The lowest BCUT2D eigenvalue weighted by Gasteiger charge is -2.07. The van der Waals surface area contributed by atoms with Crippen molar-refractivity contribution >= 4 is 17.0 Å². The first-order chi connectivity index (χ1) is 12.3. The summed E-state index contributed by atoms with van der Waals surface area (Å²) in [4.78, 5) is 5.52. The van der Waals surface area contributed by atoms with Gasteiger partial charge in [0.15, 0.2) is 10.6 Å². The van der Waals surface area contributed by atoms with E-state index in [0.717, 1.165) is 21.9 Å². The smallest absolute Gasteiger partial charge is 0.190 e. The van der Waals surface area contributed by atoms with Crippen molar-refractivity contribution in [3.8, 4) is 11.5 Å². The van der Waals surface area contributed by atoms with Gasteiger partial charge in [0.1, 0.15) is 5.82 Å². The summed E-state index contributed by atoms with van der Waals surface area (Å²) in [6.45, 7) is 0.681. The van der Waals surface area contributed by atoms with E-state index in [-0.39, 0.29) is 5.82 Å². The first-order valence-corrected chi connectivity index (χ1v) is 8.74. The number of nitrogens with zero attached hydrogens (tertiary/aromatic N) is 2. The van der Waals surface area contributed by atoms with Gasteiger partial charge in [-0.2, -0.15) is 0 Å². The summed E-state index contributed by atoms with van der Waals surface area (Å²) in [5.41, 5.74) is 2.87. The highest BCUT2D eigenvalue weighted by Crippen LogP contribution is 2.22. The Bertz CT molecular complexity index is 1020. The lowest BCUT2D eigenvalue weighted by Crippen LogP contribution is -2.16. The molecule has 0 aliphatic rings. The van der Waals surface area contributed by atoms with Crippen LogP contribution >= 0.6 is 11.3 Å². The molecular formula is C20H15FN2OS. The largest absolute Gasteiger partial charge is 0.463 e. The van der Waals surface area contributed by atoms with Crippen LogP contribution in [0.1, 0.15) is 5.56 Å². The Hall–Kier alpha value is -2.92. The fourth-order valence-electron chi connectivity index (χ4n) is 2.59. The van der Waals surface area contributed by atoms with Crippen molar-refractivity contribution < 1.29 is 8.81 Å². The lowest BCUT2D eigenvalue weighted by atomic mass is 10.2. The molecule has 2 aromatic carbocycles. The van der Waals surface area contributed by atoms with Gasteiger partial charge in [0.05, 0.1) is 24.2 Å². The highest BCUT2D eigenvalue weighted by molar-refractivity contribution is 7.07. The average molecular weight is 350 g/mol. The van der Waals surface area contributed by atoms with Gasteiger partial charge in [-0.05, 0) is 42.0 Å². The fourth-order valence-corrected chi connectivity index (χ4v) is 3.49. The van der Waals surface area contributed by atoms with Crippen molar-refractivity contribution in [1.29, 1.82) is 0 Å². The summed E-state index contributed by atoms with van der Waals surface area (Å²) in [6, 6.07) is 20.2. The Morgan fingerprint density at radius 2 is 1.76 bits per heavy atom. The lowest BCUT2D eigenvalue weighted by molar-refractivity contribution is 0.573. The number of hydrogen-bond acceptors (Lipinski definition) is 3. The maximum atomic E-state index is 13.1. The van der Waals surface area contributed by atoms with Crippen molar-refractivity contribution in [3.05, 3.63) is 94.6 Å². The molecule has 0 aliphatic heterocycles. The van der Waals surface area contributed by atoms with E-state index in [1.807, 2.05) is 35.7 Å². The molecule has 25 heavy (non-hydrogen) atoms. The molecule has 0 unspecified atom stereocenters. The van der Waals surface area contributed by atoms with E-state index in [1.165, 1.54) is 29.0 Å². The van der Waals surface area contributed by atoms with Gasteiger partial charge in [-0.1, -0.05) is 30.3 Å². The Balaban J connectivity index is 1.82. The highest BCUT2D eigenvalue weighted by Gasteiger charge is 2.11. The summed E-state index contributed by atoms with van der Waals surface area (Å²) in [5, 5.41) is 2.03. The van der Waals surface area contributed by atoms with Gasteiger partial charge in [-0.15, -0.1) is 11.3 Å². The van der Waals surface area contributed by atoms with Crippen LogP contribution in [0.5, 0.6) is 0 Å². The summed E-state index contributed by atoms with van der Waals surface area (Å²) in [5.74, 6) is 0.534. The van der Waals surface area contributed by atoms with Crippen molar-refractivity contribution in [1.82, 2.24) is 4.57 Å². The molecule has 5 heteroatoms. The average Bonchev–Trinajstić information content (AvgIpc) is 3.28. The minimum Gasteiger partial charge on any atom is -0.463 e. The minimum absolute atomic E-state index is 0.265. The molecule has 124 valence electrons. The number of furan rings is 1. The van der Waals surface area contributed by atoms with Gasteiger partial charge < -0.3 is 8.98 Å². The predicted molar refractivity (Wildman–Crippen MR) is 97.2 cm³/mol. The monoisotopic (exact) mass is 350 g/mol. The van der Waals surface area contributed by atoms with Crippen molar-refractivity contribution in [2.24, 2.45) is 4.99 Å². The van der Waals surface area contributed by atoms with E-state index in [0.29, 0.717) is 6.54 Å². The van der Waals surface area contributed by atoms with Gasteiger partial charge in [0.2, 0.25) is 0 Å². The standard InChI is InChI=1S/C20H15FN2OS/c21-16-8-10-17(11-9-16)22-20-23(13-15-5-2-1-3-6-15)18(14-25-20)19-7-4-12-24-19/h1-12,14H,13H2. The Labute approximate surface area is 148 Å². The number of thiazole rings is 1. The molecule has 0 bridgehead atoms. The molecule has 2 heterocycles.